The zero-order valence-corrected chi connectivity index (χ0v) is 10.9. The molecule has 0 aliphatic heterocycles. The molecule has 1 aromatic heterocycles. The summed E-state index contributed by atoms with van der Waals surface area (Å²) < 4.78 is 0. The van der Waals surface area contributed by atoms with Crippen LogP contribution in [0.2, 0.25) is 0 Å². The van der Waals surface area contributed by atoms with Crippen LogP contribution in [0.1, 0.15) is 5.56 Å². The minimum absolute atomic E-state index is 0.660. The Morgan fingerprint density at radius 1 is 1.00 bits per heavy atom. The van der Waals surface area contributed by atoms with Crippen molar-refractivity contribution < 1.29 is 0 Å². The van der Waals surface area contributed by atoms with E-state index >= 15 is 0 Å². The number of rotatable bonds is 2. The molecule has 90 valence electrons. The topological polar surface area (TPSA) is 36.7 Å². The first-order valence-electron chi connectivity index (χ1n) is 5.87. The molecule has 0 bridgehead atoms. The molecule has 0 radical (unpaired) electrons. The van der Waals surface area contributed by atoms with Crippen molar-refractivity contribution in [3.63, 3.8) is 0 Å². The Kier molecular flexibility index (Phi) is 3.18. The molecule has 0 saturated heterocycles. The third-order valence-corrected chi connectivity index (χ3v) is 3.89. The van der Waals surface area contributed by atoms with Gasteiger partial charge in [-0.25, -0.2) is 0 Å². The van der Waals surface area contributed by atoms with Crippen molar-refractivity contribution in [2.75, 3.05) is 0 Å². The Hall–Kier alpha value is -2.31. The summed E-state index contributed by atoms with van der Waals surface area (Å²) in [6.07, 6.45) is 3.38. The maximum absolute atomic E-state index is 9.08. The third kappa shape index (κ3) is 2.44. The maximum Gasteiger partial charge on any atom is 0.100 e. The fourth-order valence-corrected chi connectivity index (χ4v) is 2.82. The van der Waals surface area contributed by atoms with E-state index in [2.05, 4.69) is 41.4 Å². The quantitative estimate of drug-likeness (QED) is 0.692. The minimum atomic E-state index is 0.660. The second-order valence-electron chi connectivity index (χ2n) is 4.09. The summed E-state index contributed by atoms with van der Waals surface area (Å²) in [7, 11) is 0. The Morgan fingerprint density at radius 2 is 1.84 bits per heavy atom. The van der Waals surface area contributed by atoms with E-state index in [-0.39, 0.29) is 0 Å². The van der Waals surface area contributed by atoms with Gasteiger partial charge in [-0.05, 0) is 29.0 Å². The molecule has 0 N–H and O–H groups in total. The van der Waals surface area contributed by atoms with Gasteiger partial charge in [-0.15, -0.1) is 0 Å². The second kappa shape index (κ2) is 5.13. The smallest absolute Gasteiger partial charge is 0.100 e. The molecule has 0 atom stereocenters. The number of aromatic nitrogens is 1. The van der Waals surface area contributed by atoms with Gasteiger partial charge in [0, 0.05) is 22.2 Å². The lowest BCUT2D eigenvalue weighted by Crippen LogP contribution is -1.83. The fraction of sp³-hybridized carbons (Fsp3) is 0. The van der Waals surface area contributed by atoms with Crippen LogP contribution in [0.15, 0.2) is 70.7 Å². The summed E-state index contributed by atoms with van der Waals surface area (Å²) >= 11 is 1.57. The highest BCUT2D eigenvalue weighted by Gasteiger charge is 2.04. The predicted octanol–water partition coefficient (Wildman–Crippen LogP) is 4.26. The van der Waals surface area contributed by atoms with Crippen molar-refractivity contribution in [3.8, 4) is 6.07 Å². The van der Waals surface area contributed by atoms with Gasteiger partial charge in [-0.2, -0.15) is 5.26 Å². The van der Waals surface area contributed by atoms with Crippen molar-refractivity contribution in [1.82, 2.24) is 4.98 Å². The molecular formula is C16H10N2S. The van der Waals surface area contributed by atoms with E-state index in [4.69, 9.17) is 5.26 Å². The van der Waals surface area contributed by atoms with Gasteiger partial charge >= 0.3 is 0 Å². The number of pyridine rings is 1. The van der Waals surface area contributed by atoms with E-state index in [1.807, 2.05) is 12.1 Å². The van der Waals surface area contributed by atoms with Crippen molar-refractivity contribution in [1.29, 1.82) is 5.26 Å². The SMILES string of the molecule is N#Cc1ccncc1Sc1ccc2ccccc2c1. The van der Waals surface area contributed by atoms with E-state index in [1.54, 1.807) is 30.2 Å². The molecule has 19 heavy (non-hydrogen) atoms. The van der Waals surface area contributed by atoms with Crippen LogP contribution in [0.4, 0.5) is 0 Å². The molecule has 3 aromatic rings. The van der Waals surface area contributed by atoms with Crippen molar-refractivity contribution >= 4 is 22.5 Å². The number of nitrogens with zero attached hydrogens (tertiary/aromatic N) is 2. The number of hydrogen-bond donors (Lipinski definition) is 0. The van der Waals surface area contributed by atoms with Crippen LogP contribution in [0, 0.1) is 11.3 Å². The molecule has 0 aliphatic carbocycles. The summed E-state index contributed by atoms with van der Waals surface area (Å²) in [6.45, 7) is 0. The van der Waals surface area contributed by atoms with Gasteiger partial charge in [-0.3, -0.25) is 4.98 Å². The molecule has 2 aromatic carbocycles. The largest absolute Gasteiger partial charge is 0.263 e. The van der Waals surface area contributed by atoms with E-state index in [1.165, 1.54) is 10.8 Å². The summed E-state index contributed by atoms with van der Waals surface area (Å²) in [4.78, 5) is 6.08. The zero-order valence-electron chi connectivity index (χ0n) is 10.1. The van der Waals surface area contributed by atoms with Crippen molar-refractivity contribution in [2.24, 2.45) is 0 Å². The van der Waals surface area contributed by atoms with Crippen molar-refractivity contribution in [2.45, 2.75) is 9.79 Å². The molecule has 0 spiro atoms. The molecule has 0 unspecified atom stereocenters. The fourth-order valence-electron chi connectivity index (χ4n) is 1.91. The Morgan fingerprint density at radius 3 is 2.68 bits per heavy atom. The van der Waals surface area contributed by atoms with E-state index in [0.717, 1.165) is 9.79 Å². The van der Waals surface area contributed by atoms with Gasteiger partial charge in [0.1, 0.15) is 6.07 Å². The van der Waals surface area contributed by atoms with Crippen LogP contribution in [-0.4, -0.2) is 4.98 Å². The van der Waals surface area contributed by atoms with Crippen LogP contribution in [0.25, 0.3) is 10.8 Å². The molecule has 0 saturated carbocycles. The Labute approximate surface area is 115 Å². The van der Waals surface area contributed by atoms with Gasteiger partial charge < -0.3 is 0 Å². The molecule has 3 heteroatoms. The normalized spacial score (nSPS) is 10.3. The summed E-state index contributed by atoms with van der Waals surface area (Å²) in [6, 6.07) is 18.5. The number of nitriles is 1. The first-order valence-corrected chi connectivity index (χ1v) is 6.69. The standard InChI is InChI=1S/C16H10N2S/c17-10-14-7-8-18-11-16(14)19-15-6-5-12-3-1-2-4-13(12)9-15/h1-9,11H. The lowest BCUT2D eigenvalue weighted by Gasteiger charge is -2.04. The van der Waals surface area contributed by atoms with Crippen LogP contribution in [0.3, 0.4) is 0 Å². The van der Waals surface area contributed by atoms with E-state index in [9.17, 15) is 0 Å². The number of fused-ring (bicyclic) bond motifs is 1. The van der Waals surface area contributed by atoms with Gasteiger partial charge in [0.15, 0.2) is 0 Å². The first-order chi connectivity index (χ1) is 9.36. The summed E-state index contributed by atoms with van der Waals surface area (Å²) in [5, 5.41) is 11.5. The number of benzene rings is 2. The molecule has 1 heterocycles. The zero-order chi connectivity index (χ0) is 13.1. The van der Waals surface area contributed by atoms with E-state index < -0.39 is 0 Å². The average Bonchev–Trinajstić information content (AvgIpc) is 2.48. The highest BCUT2D eigenvalue weighted by atomic mass is 32.2. The Bertz CT molecular complexity index is 775. The molecule has 0 fully saturated rings. The highest BCUT2D eigenvalue weighted by molar-refractivity contribution is 7.99. The molecular weight excluding hydrogens is 252 g/mol. The van der Waals surface area contributed by atoms with Gasteiger partial charge in [-0.1, -0.05) is 42.1 Å². The predicted molar refractivity (Wildman–Crippen MR) is 77.0 cm³/mol. The lowest BCUT2D eigenvalue weighted by atomic mass is 10.1. The Balaban J connectivity index is 1.99. The van der Waals surface area contributed by atoms with Crippen molar-refractivity contribution in [3.05, 3.63) is 66.5 Å². The van der Waals surface area contributed by atoms with Crippen LogP contribution in [-0.2, 0) is 0 Å². The summed E-state index contributed by atoms with van der Waals surface area (Å²) in [5.41, 5.74) is 0.660. The molecule has 3 rings (SSSR count). The van der Waals surface area contributed by atoms with E-state index in [0.29, 0.717) is 5.56 Å². The summed E-state index contributed by atoms with van der Waals surface area (Å²) in [5.74, 6) is 0. The maximum atomic E-state index is 9.08. The lowest BCUT2D eigenvalue weighted by molar-refractivity contribution is 1.21. The molecule has 0 aliphatic rings. The minimum Gasteiger partial charge on any atom is -0.263 e. The molecule has 0 amide bonds. The van der Waals surface area contributed by atoms with Gasteiger partial charge in [0.05, 0.1) is 5.56 Å². The number of hydrogen-bond acceptors (Lipinski definition) is 3. The highest BCUT2D eigenvalue weighted by Crippen LogP contribution is 2.31. The van der Waals surface area contributed by atoms with Crippen LogP contribution in [0.5, 0.6) is 0 Å². The average molecular weight is 262 g/mol. The first kappa shape index (κ1) is 11.8. The monoisotopic (exact) mass is 262 g/mol. The molecule has 2 nitrogen and oxygen atoms in total. The van der Waals surface area contributed by atoms with Crippen LogP contribution < -0.4 is 0 Å². The third-order valence-electron chi connectivity index (χ3n) is 2.85. The van der Waals surface area contributed by atoms with Gasteiger partial charge in [0.2, 0.25) is 0 Å². The van der Waals surface area contributed by atoms with Crippen LogP contribution >= 0.6 is 11.8 Å². The second-order valence-corrected chi connectivity index (χ2v) is 5.21. The van der Waals surface area contributed by atoms with Gasteiger partial charge in [0.25, 0.3) is 0 Å².